The van der Waals surface area contributed by atoms with Crippen LogP contribution < -0.4 is 16.0 Å². The SMILES string of the molecule is C[C@H](N)c1c(F)cccc1N1CC(=O)Nc2ccccc21. The largest absolute Gasteiger partial charge is 0.330 e. The van der Waals surface area contributed by atoms with Crippen molar-refractivity contribution in [3.63, 3.8) is 0 Å². The summed E-state index contributed by atoms with van der Waals surface area (Å²) in [6.07, 6.45) is 0. The number of halogens is 1. The van der Waals surface area contributed by atoms with Crippen LogP contribution in [-0.4, -0.2) is 12.5 Å². The van der Waals surface area contributed by atoms with Gasteiger partial charge in [-0.1, -0.05) is 18.2 Å². The van der Waals surface area contributed by atoms with Crippen molar-refractivity contribution in [1.82, 2.24) is 0 Å². The standard InChI is InChI=1S/C16H16FN3O/c1-10(18)16-11(17)5-4-8-14(16)20-9-15(21)19-12-6-2-3-7-13(12)20/h2-8,10H,9,18H2,1H3,(H,19,21)/t10-/m0/s1. The van der Waals surface area contributed by atoms with Gasteiger partial charge in [0, 0.05) is 17.3 Å². The molecule has 1 aliphatic heterocycles. The predicted octanol–water partition coefficient (Wildman–Crippen LogP) is 2.94. The molecule has 0 bridgehead atoms. The Labute approximate surface area is 122 Å². The molecule has 0 fully saturated rings. The Morgan fingerprint density at radius 1 is 1.19 bits per heavy atom. The molecule has 0 saturated carbocycles. The molecule has 21 heavy (non-hydrogen) atoms. The van der Waals surface area contributed by atoms with Crippen LogP contribution in [0.15, 0.2) is 42.5 Å². The lowest BCUT2D eigenvalue weighted by Crippen LogP contribution is -2.36. The van der Waals surface area contributed by atoms with Gasteiger partial charge in [0.15, 0.2) is 0 Å². The van der Waals surface area contributed by atoms with E-state index in [2.05, 4.69) is 5.32 Å². The zero-order valence-corrected chi connectivity index (χ0v) is 11.6. The number of carbonyl (C=O) groups is 1. The monoisotopic (exact) mass is 285 g/mol. The number of hydrogen-bond donors (Lipinski definition) is 2. The highest BCUT2D eigenvalue weighted by Crippen LogP contribution is 2.38. The minimum atomic E-state index is -0.460. The molecule has 1 heterocycles. The number of rotatable bonds is 2. The van der Waals surface area contributed by atoms with Crippen LogP contribution >= 0.6 is 0 Å². The first kappa shape index (κ1) is 13.6. The van der Waals surface area contributed by atoms with E-state index < -0.39 is 6.04 Å². The quantitative estimate of drug-likeness (QED) is 0.892. The third kappa shape index (κ3) is 2.36. The molecule has 1 amide bonds. The number of anilines is 3. The van der Waals surface area contributed by atoms with Crippen molar-refractivity contribution in [2.45, 2.75) is 13.0 Å². The van der Waals surface area contributed by atoms with Crippen molar-refractivity contribution in [2.24, 2.45) is 5.73 Å². The Morgan fingerprint density at radius 3 is 2.67 bits per heavy atom. The lowest BCUT2D eigenvalue weighted by atomic mass is 10.0. The first-order valence-corrected chi connectivity index (χ1v) is 6.78. The van der Waals surface area contributed by atoms with E-state index in [1.54, 1.807) is 24.0 Å². The van der Waals surface area contributed by atoms with Crippen molar-refractivity contribution in [3.05, 3.63) is 53.8 Å². The highest BCUT2D eigenvalue weighted by Gasteiger charge is 2.26. The Morgan fingerprint density at radius 2 is 1.90 bits per heavy atom. The highest BCUT2D eigenvalue weighted by molar-refractivity contribution is 6.03. The van der Waals surface area contributed by atoms with Crippen LogP contribution in [0.4, 0.5) is 21.5 Å². The number of carbonyl (C=O) groups excluding carboxylic acids is 1. The molecule has 1 atom stereocenters. The summed E-state index contributed by atoms with van der Waals surface area (Å²) in [7, 11) is 0. The Bertz CT molecular complexity index is 700. The van der Waals surface area contributed by atoms with Crippen LogP contribution in [0.5, 0.6) is 0 Å². The van der Waals surface area contributed by atoms with Gasteiger partial charge in [0.1, 0.15) is 12.4 Å². The molecule has 0 saturated heterocycles. The molecule has 3 N–H and O–H groups in total. The predicted molar refractivity (Wildman–Crippen MR) is 81.1 cm³/mol. The van der Waals surface area contributed by atoms with Crippen LogP contribution in [-0.2, 0) is 4.79 Å². The summed E-state index contributed by atoms with van der Waals surface area (Å²) in [5.74, 6) is -0.487. The zero-order valence-electron chi connectivity index (χ0n) is 11.6. The summed E-state index contributed by atoms with van der Waals surface area (Å²) in [6, 6.07) is 11.8. The first-order valence-electron chi connectivity index (χ1n) is 6.78. The summed E-state index contributed by atoms with van der Waals surface area (Å²) in [6.45, 7) is 1.87. The Balaban J connectivity index is 2.18. The van der Waals surface area contributed by atoms with Gasteiger partial charge in [0.2, 0.25) is 5.91 Å². The van der Waals surface area contributed by atoms with Gasteiger partial charge < -0.3 is 16.0 Å². The average molecular weight is 285 g/mol. The Kier molecular flexibility index (Phi) is 3.35. The molecule has 2 aromatic rings. The molecular formula is C16H16FN3O. The van der Waals surface area contributed by atoms with Gasteiger partial charge in [-0.15, -0.1) is 0 Å². The van der Waals surface area contributed by atoms with E-state index in [0.717, 1.165) is 5.69 Å². The van der Waals surface area contributed by atoms with Crippen molar-refractivity contribution in [2.75, 3.05) is 16.8 Å². The smallest absolute Gasteiger partial charge is 0.244 e. The second-order valence-electron chi connectivity index (χ2n) is 5.11. The van der Waals surface area contributed by atoms with E-state index >= 15 is 0 Å². The van der Waals surface area contributed by atoms with Crippen LogP contribution in [0.1, 0.15) is 18.5 Å². The van der Waals surface area contributed by atoms with Crippen molar-refractivity contribution < 1.29 is 9.18 Å². The maximum Gasteiger partial charge on any atom is 0.244 e. The number of para-hydroxylation sites is 2. The van der Waals surface area contributed by atoms with E-state index in [9.17, 15) is 9.18 Å². The van der Waals surface area contributed by atoms with Gasteiger partial charge in [-0.2, -0.15) is 0 Å². The Hall–Kier alpha value is -2.40. The minimum absolute atomic E-state index is 0.131. The van der Waals surface area contributed by atoms with Gasteiger partial charge in [-0.3, -0.25) is 4.79 Å². The third-order valence-electron chi connectivity index (χ3n) is 3.55. The zero-order chi connectivity index (χ0) is 15.0. The number of benzene rings is 2. The lowest BCUT2D eigenvalue weighted by Gasteiger charge is -2.33. The summed E-state index contributed by atoms with van der Waals surface area (Å²) in [5, 5.41) is 2.82. The highest BCUT2D eigenvalue weighted by atomic mass is 19.1. The summed E-state index contributed by atoms with van der Waals surface area (Å²) >= 11 is 0. The van der Waals surface area contributed by atoms with Gasteiger partial charge >= 0.3 is 0 Å². The fourth-order valence-electron chi connectivity index (χ4n) is 2.66. The average Bonchev–Trinajstić information content (AvgIpc) is 2.45. The van der Waals surface area contributed by atoms with E-state index in [0.29, 0.717) is 16.9 Å². The third-order valence-corrected chi connectivity index (χ3v) is 3.55. The van der Waals surface area contributed by atoms with E-state index in [1.807, 2.05) is 24.3 Å². The normalized spacial score (nSPS) is 15.4. The number of nitrogens with one attached hydrogen (secondary N) is 1. The maximum atomic E-state index is 14.1. The van der Waals surface area contributed by atoms with Crippen LogP contribution in [0.2, 0.25) is 0 Å². The van der Waals surface area contributed by atoms with E-state index in [1.165, 1.54) is 6.07 Å². The van der Waals surface area contributed by atoms with Gasteiger partial charge in [-0.25, -0.2) is 4.39 Å². The number of fused-ring (bicyclic) bond motifs is 1. The minimum Gasteiger partial charge on any atom is -0.330 e. The second-order valence-corrected chi connectivity index (χ2v) is 5.11. The van der Waals surface area contributed by atoms with Gasteiger partial charge in [-0.05, 0) is 31.2 Å². The molecule has 1 aliphatic rings. The van der Waals surface area contributed by atoms with Crippen molar-refractivity contribution in [3.8, 4) is 0 Å². The first-order chi connectivity index (χ1) is 10.1. The molecule has 4 nitrogen and oxygen atoms in total. The number of nitrogens with zero attached hydrogens (tertiary/aromatic N) is 1. The summed E-state index contributed by atoms with van der Waals surface area (Å²) in [5.41, 5.74) is 8.51. The molecule has 0 unspecified atom stereocenters. The van der Waals surface area contributed by atoms with E-state index in [-0.39, 0.29) is 18.3 Å². The number of amides is 1. The molecule has 3 rings (SSSR count). The lowest BCUT2D eigenvalue weighted by molar-refractivity contribution is -0.115. The summed E-state index contributed by atoms with van der Waals surface area (Å²) in [4.78, 5) is 13.7. The van der Waals surface area contributed by atoms with Gasteiger partial charge in [0.25, 0.3) is 0 Å². The molecular weight excluding hydrogens is 269 g/mol. The van der Waals surface area contributed by atoms with Gasteiger partial charge in [0.05, 0.1) is 11.4 Å². The van der Waals surface area contributed by atoms with Crippen LogP contribution in [0, 0.1) is 5.82 Å². The fourth-order valence-corrected chi connectivity index (χ4v) is 2.66. The molecule has 108 valence electrons. The number of nitrogens with two attached hydrogens (primary N) is 1. The number of hydrogen-bond acceptors (Lipinski definition) is 3. The molecule has 0 spiro atoms. The maximum absolute atomic E-state index is 14.1. The van der Waals surface area contributed by atoms with E-state index in [4.69, 9.17) is 5.73 Å². The topological polar surface area (TPSA) is 58.4 Å². The van der Waals surface area contributed by atoms with Crippen LogP contribution in [0.3, 0.4) is 0 Å². The molecule has 2 aromatic carbocycles. The van der Waals surface area contributed by atoms with Crippen molar-refractivity contribution in [1.29, 1.82) is 0 Å². The van der Waals surface area contributed by atoms with Crippen LogP contribution in [0.25, 0.3) is 0 Å². The van der Waals surface area contributed by atoms with Crippen molar-refractivity contribution >= 4 is 23.0 Å². The molecule has 0 radical (unpaired) electrons. The molecule has 0 aromatic heterocycles. The summed E-state index contributed by atoms with van der Waals surface area (Å²) < 4.78 is 14.1. The second kappa shape index (κ2) is 5.18. The molecule has 0 aliphatic carbocycles. The molecule has 5 heteroatoms. The fraction of sp³-hybridized carbons (Fsp3) is 0.188.